The molecule has 4 heteroatoms. The lowest BCUT2D eigenvalue weighted by atomic mass is 10.1. The average molecular weight is 291 g/mol. The van der Waals surface area contributed by atoms with E-state index in [1.165, 1.54) is 11.0 Å². The Hall–Kier alpha value is -1.52. The van der Waals surface area contributed by atoms with Crippen LogP contribution < -0.4 is 5.32 Å². The van der Waals surface area contributed by atoms with Gasteiger partial charge in [-0.15, -0.1) is 11.8 Å². The Bertz CT molecular complexity index is 547. The number of phenols is 1. The molecule has 0 amide bonds. The number of phenolic OH excluding ortho intramolecular Hbond substituents is 1. The van der Waals surface area contributed by atoms with Gasteiger partial charge in [0.2, 0.25) is 0 Å². The third-order valence-electron chi connectivity index (χ3n) is 3.02. The van der Waals surface area contributed by atoms with Gasteiger partial charge in [0, 0.05) is 34.9 Å². The number of rotatable bonds is 6. The fourth-order valence-electron chi connectivity index (χ4n) is 1.95. The molecule has 0 aliphatic carbocycles. The number of aromatic hydroxyl groups is 1. The molecule has 0 saturated carbocycles. The molecule has 0 fully saturated rings. The van der Waals surface area contributed by atoms with Crippen LogP contribution in [0.1, 0.15) is 18.5 Å². The summed E-state index contributed by atoms with van der Waals surface area (Å²) in [5.41, 5.74) is 0.719. The van der Waals surface area contributed by atoms with E-state index in [1.54, 1.807) is 17.8 Å². The predicted octanol–water partition coefficient (Wildman–Crippen LogP) is 3.97. The largest absolute Gasteiger partial charge is 0.508 e. The molecule has 2 rings (SSSR count). The van der Waals surface area contributed by atoms with Crippen molar-refractivity contribution in [1.29, 1.82) is 0 Å². The summed E-state index contributed by atoms with van der Waals surface area (Å²) in [6.45, 7) is 2.78. The molecule has 0 radical (unpaired) electrons. The van der Waals surface area contributed by atoms with Gasteiger partial charge in [0.15, 0.2) is 0 Å². The second kappa shape index (κ2) is 7.31. The summed E-state index contributed by atoms with van der Waals surface area (Å²) in [6.07, 6.45) is 0. The third kappa shape index (κ3) is 4.25. The van der Waals surface area contributed by atoms with E-state index in [4.69, 9.17) is 0 Å². The van der Waals surface area contributed by atoms with Gasteiger partial charge in [0.05, 0.1) is 0 Å². The number of benzene rings is 2. The van der Waals surface area contributed by atoms with E-state index in [0.29, 0.717) is 0 Å². The molecule has 0 saturated heterocycles. The van der Waals surface area contributed by atoms with Crippen molar-refractivity contribution in [2.45, 2.75) is 17.9 Å². The Morgan fingerprint density at radius 1 is 1.20 bits per heavy atom. The van der Waals surface area contributed by atoms with Crippen molar-refractivity contribution in [2.24, 2.45) is 0 Å². The van der Waals surface area contributed by atoms with Gasteiger partial charge in [0.25, 0.3) is 0 Å². The summed E-state index contributed by atoms with van der Waals surface area (Å²) < 4.78 is 12.9. The van der Waals surface area contributed by atoms with Gasteiger partial charge in [-0.25, -0.2) is 4.39 Å². The van der Waals surface area contributed by atoms with Gasteiger partial charge in [-0.3, -0.25) is 0 Å². The first-order valence-electron chi connectivity index (χ1n) is 6.56. The molecule has 0 spiro atoms. The zero-order valence-electron chi connectivity index (χ0n) is 11.3. The minimum Gasteiger partial charge on any atom is -0.508 e. The second-order valence-electron chi connectivity index (χ2n) is 4.54. The van der Waals surface area contributed by atoms with Crippen molar-refractivity contribution in [3.63, 3.8) is 0 Å². The Morgan fingerprint density at radius 3 is 2.65 bits per heavy atom. The summed E-state index contributed by atoms with van der Waals surface area (Å²) in [5, 5.41) is 13.0. The molecule has 1 atom stereocenters. The highest BCUT2D eigenvalue weighted by Crippen LogP contribution is 2.24. The zero-order chi connectivity index (χ0) is 14.4. The first kappa shape index (κ1) is 14.9. The highest BCUT2D eigenvalue weighted by molar-refractivity contribution is 7.99. The van der Waals surface area contributed by atoms with Gasteiger partial charge < -0.3 is 10.4 Å². The molecule has 0 bridgehead atoms. The maximum absolute atomic E-state index is 12.9. The minimum atomic E-state index is -0.418. The van der Waals surface area contributed by atoms with E-state index < -0.39 is 5.82 Å². The van der Waals surface area contributed by atoms with Gasteiger partial charge in [-0.05, 0) is 25.1 Å². The van der Waals surface area contributed by atoms with Crippen LogP contribution in [0.3, 0.4) is 0 Å². The molecular weight excluding hydrogens is 273 g/mol. The van der Waals surface area contributed by atoms with Gasteiger partial charge >= 0.3 is 0 Å². The molecule has 106 valence electrons. The number of halogens is 1. The lowest BCUT2D eigenvalue weighted by Crippen LogP contribution is -2.21. The predicted molar refractivity (Wildman–Crippen MR) is 81.6 cm³/mol. The van der Waals surface area contributed by atoms with E-state index in [1.807, 2.05) is 25.1 Å². The van der Waals surface area contributed by atoms with Crippen LogP contribution >= 0.6 is 11.8 Å². The molecule has 2 aromatic rings. The van der Waals surface area contributed by atoms with Crippen LogP contribution in [0, 0.1) is 5.82 Å². The van der Waals surface area contributed by atoms with Gasteiger partial charge in [-0.2, -0.15) is 0 Å². The van der Waals surface area contributed by atoms with Crippen LogP contribution in [0.4, 0.5) is 4.39 Å². The van der Waals surface area contributed by atoms with E-state index in [2.05, 4.69) is 17.4 Å². The SMILES string of the molecule is CC(NCCSc1ccccc1)c1ccc(F)cc1O. The van der Waals surface area contributed by atoms with E-state index >= 15 is 0 Å². The normalized spacial score (nSPS) is 12.3. The Labute approximate surface area is 123 Å². The molecule has 1 unspecified atom stereocenters. The third-order valence-corrected chi connectivity index (χ3v) is 4.04. The molecule has 20 heavy (non-hydrogen) atoms. The van der Waals surface area contributed by atoms with Crippen LogP contribution in [0.2, 0.25) is 0 Å². The summed E-state index contributed by atoms with van der Waals surface area (Å²) in [5.74, 6) is 0.523. The maximum Gasteiger partial charge on any atom is 0.126 e. The van der Waals surface area contributed by atoms with Gasteiger partial charge in [-0.1, -0.05) is 24.3 Å². The summed E-state index contributed by atoms with van der Waals surface area (Å²) in [7, 11) is 0. The molecule has 0 heterocycles. The van der Waals surface area contributed by atoms with Crippen molar-refractivity contribution >= 4 is 11.8 Å². The Morgan fingerprint density at radius 2 is 1.95 bits per heavy atom. The summed E-state index contributed by atoms with van der Waals surface area (Å²) >= 11 is 1.78. The molecule has 2 nitrogen and oxygen atoms in total. The van der Waals surface area contributed by atoms with E-state index in [9.17, 15) is 9.50 Å². The van der Waals surface area contributed by atoms with Crippen molar-refractivity contribution in [3.05, 3.63) is 59.9 Å². The standard InChI is InChI=1S/C16H18FNOS/c1-12(15-8-7-13(17)11-16(15)19)18-9-10-20-14-5-3-2-4-6-14/h2-8,11-12,18-19H,9-10H2,1H3. The number of nitrogens with one attached hydrogen (secondary N) is 1. The topological polar surface area (TPSA) is 32.3 Å². The molecule has 0 aliphatic rings. The number of thioether (sulfide) groups is 1. The van der Waals surface area contributed by atoms with Crippen LogP contribution in [-0.4, -0.2) is 17.4 Å². The Balaban J connectivity index is 1.79. The van der Waals surface area contributed by atoms with Crippen molar-refractivity contribution in [3.8, 4) is 5.75 Å². The first-order valence-corrected chi connectivity index (χ1v) is 7.55. The highest BCUT2D eigenvalue weighted by Gasteiger charge is 2.10. The van der Waals surface area contributed by atoms with Crippen LogP contribution in [-0.2, 0) is 0 Å². The zero-order valence-corrected chi connectivity index (χ0v) is 12.2. The van der Waals surface area contributed by atoms with E-state index in [-0.39, 0.29) is 11.8 Å². The van der Waals surface area contributed by atoms with Crippen molar-refractivity contribution in [2.75, 3.05) is 12.3 Å². The lowest BCUT2D eigenvalue weighted by Gasteiger charge is -2.15. The smallest absolute Gasteiger partial charge is 0.126 e. The van der Waals surface area contributed by atoms with Crippen molar-refractivity contribution in [1.82, 2.24) is 5.32 Å². The number of hydrogen-bond acceptors (Lipinski definition) is 3. The van der Waals surface area contributed by atoms with Crippen LogP contribution in [0.5, 0.6) is 5.75 Å². The van der Waals surface area contributed by atoms with Crippen LogP contribution in [0.15, 0.2) is 53.4 Å². The maximum atomic E-state index is 12.9. The lowest BCUT2D eigenvalue weighted by molar-refractivity contribution is 0.449. The fraction of sp³-hybridized carbons (Fsp3) is 0.250. The van der Waals surface area contributed by atoms with Crippen LogP contribution in [0.25, 0.3) is 0 Å². The quantitative estimate of drug-likeness (QED) is 0.624. The van der Waals surface area contributed by atoms with Crippen molar-refractivity contribution < 1.29 is 9.50 Å². The molecule has 0 aromatic heterocycles. The minimum absolute atomic E-state index is 0.000660. The average Bonchev–Trinajstić information content (AvgIpc) is 2.44. The van der Waals surface area contributed by atoms with E-state index in [0.717, 1.165) is 23.9 Å². The molecular formula is C16H18FNOS. The fourth-order valence-corrected chi connectivity index (χ4v) is 2.76. The first-order chi connectivity index (χ1) is 9.66. The Kier molecular flexibility index (Phi) is 5.44. The molecule has 2 aromatic carbocycles. The monoisotopic (exact) mass is 291 g/mol. The number of hydrogen-bond donors (Lipinski definition) is 2. The highest BCUT2D eigenvalue weighted by atomic mass is 32.2. The summed E-state index contributed by atoms with van der Waals surface area (Å²) in [6, 6.07) is 14.3. The second-order valence-corrected chi connectivity index (χ2v) is 5.71. The van der Waals surface area contributed by atoms with Gasteiger partial charge in [0.1, 0.15) is 11.6 Å². The summed E-state index contributed by atoms with van der Waals surface area (Å²) in [4.78, 5) is 1.24. The molecule has 2 N–H and O–H groups in total. The molecule has 0 aliphatic heterocycles.